The van der Waals surface area contributed by atoms with E-state index in [1.54, 1.807) is 0 Å². The van der Waals surface area contributed by atoms with E-state index in [0.717, 1.165) is 31.4 Å². The van der Waals surface area contributed by atoms with Gasteiger partial charge in [-0.15, -0.1) is 0 Å². The standard InChI is InChI=1S/C18H19NO5/c20-9-22-12-2-1-10-7-13-18-4-3-11(21)16-17(18,14(10)15(12)24-16)5-6-19(13)8-23-18/h1-2,13,16,20H,3-9H2/t13-,16+,17+,18-/m1/s1. The Morgan fingerprint density at radius 3 is 3.17 bits per heavy atom. The van der Waals surface area contributed by atoms with Crippen LogP contribution in [0.1, 0.15) is 30.4 Å². The van der Waals surface area contributed by atoms with E-state index in [9.17, 15) is 9.90 Å². The highest BCUT2D eigenvalue weighted by Crippen LogP contribution is 2.67. The summed E-state index contributed by atoms with van der Waals surface area (Å²) < 4.78 is 18.1. The van der Waals surface area contributed by atoms with Crippen molar-refractivity contribution < 1.29 is 24.1 Å². The van der Waals surface area contributed by atoms with Crippen LogP contribution >= 0.6 is 0 Å². The zero-order chi connectivity index (χ0) is 16.1. The molecule has 24 heavy (non-hydrogen) atoms. The van der Waals surface area contributed by atoms with Crippen LogP contribution in [-0.2, 0) is 21.4 Å². The fourth-order valence-electron chi connectivity index (χ4n) is 6.20. The highest BCUT2D eigenvalue weighted by molar-refractivity contribution is 5.90. The van der Waals surface area contributed by atoms with Crippen molar-refractivity contribution >= 4 is 5.78 Å². The summed E-state index contributed by atoms with van der Waals surface area (Å²) in [7, 11) is 0. The molecule has 0 radical (unpaired) electrons. The maximum absolute atomic E-state index is 12.8. The maximum Gasteiger partial charge on any atom is 0.186 e. The lowest BCUT2D eigenvalue weighted by Crippen LogP contribution is -2.73. The third-order valence-corrected chi connectivity index (χ3v) is 7.02. The number of Topliss-reactive ketones (excluding diaryl/α,β-unsaturated/α-hetero) is 1. The van der Waals surface area contributed by atoms with Crippen LogP contribution in [0, 0.1) is 0 Å². The predicted molar refractivity (Wildman–Crippen MR) is 82.0 cm³/mol. The number of hydrogen-bond acceptors (Lipinski definition) is 6. The van der Waals surface area contributed by atoms with E-state index in [0.29, 0.717) is 30.7 Å². The Morgan fingerprint density at radius 2 is 2.29 bits per heavy atom. The first-order valence-electron chi connectivity index (χ1n) is 8.69. The summed E-state index contributed by atoms with van der Waals surface area (Å²) in [6.07, 6.45) is 2.61. The van der Waals surface area contributed by atoms with E-state index in [4.69, 9.17) is 14.2 Å². The molecule has 4 bridgehead atoms. The zero-order valence-corrected chi connectivity index (χ0v) is 13.3. The van der Waals surface area contributed by atoms with Gasteiger partial charge in [-0.1, -0.05) is 6.07 Å². The third kappa shape index (κ3) is 1.21. The van der Waals surface area contributed by atoms with Crippen molar-refractivity contribution in [3.8, 4) is 11.5 Å². The molecular formula is C18H19NO5. The van der Waals surface area contributed by atoms with Gasteiger partial charge in [-0.25, -0.2) is 0 Å². The van der Waals surface area contributed by atoms with Gasteiger partial charge in [-0.2, -0.15) is 0 Å². The molecule has 5 atom stereocenters. The van der Waals surface area contributed by atoms with Crippen LogP contribution in [0.5, 0.6) is 11.5 Å². The number of ketones is 1. The van der Waals surface area contributed by atoms with Crippen molar-refractivity contribution in [1.82, 2.24) is 4.90 Å². The Hall–Kier alpha value is -1.63. The first kappa shape index (κ1) is 13.6. The second-order valence-electron chi connectivity index (χ2n) is 7.58. The van der Waals surface area contributed by atoms with Gasteiger partial charge in [0.1, 0.15) is 12.3 Å². The number of nitrogens with zero attached hydrogens (tertiary/aromatic N) is 1. The van der Waals surface area contributed by atoms with E-state index < -0.39 is 18.3 Å². The lowest BCUT2D eigenvalue weighted by atomic mass is 9.49. The molecule has 2 spiro atoms. The topological polar surface area (TPSA) is 68.2 Å². The van der Waals surface area contributed by atoms with Gasteiger partial charge in [-0.3, -0.25) is 9.69 Å². The minimum Gasteiger partial charge on any atom is -0.477 e. The van der Waals surface area contributed by atoms with Gasteiger partial charge in [0.05, 0.1) is 5.41 Å². The van der Waals surface area contributed by atoms with Gasteiger partial charge in [0.15, 0.2) is 30.2 Å². The SMILES string of the molecule is O=C1CC[C@]23OCN4CC[C@@]25c2c(ccc(OCO)c2O[C@@H]15)C[C@@H]43. The van der Waals surface area contributed by atoms with E-state index in [1.165, 1.54) is 5.56 Å². The van der Waals surface area contributed by atoms with Crippen LogP contribution in [0.2, 0.25) is 0 Å². The molecule has 3 fully saturated rings. The maximum atomic E-state index is 12.8. The molecule has 5 aliphatic rings. The Bertz CT molecular complexity index is 779. The molecule has 2 aliphatic carbocycles. The molecule has 0 amide bonds. The second kappa shape index (κ2) is 4.12. The van der Waals surface area contributed by atoms with Crippen LogP contribution in [0.25, 0.3) is 0 Å². The van der Waals surface area contributed by atoms with Gasteiger partial charge in [0, 0.05) is 24.6 Å². The van der Waals surface area contributed by atoms with Crippen molar-refractivity contribution in [2.45, 2.75) is 48.8 Å². The summed E-state index contributed by atoms with van der Waals surface area (Å²) >= 11 is 0. The average Bonchev–Trinajstić information content (AvgIpc) is 3.04. The summed E-state index contributed by atoms with van der Waals surface area (Å²) in [5.74, 6) is 1.35. The normalized spacial score (nSPS) is 43.4. The lowest BCUT2D eigenvalue weighted by molar-refractivity contribution is -0.159. The fraction of sp³-hybridized carbons (Fsp3) is 0.611. The van der Waals surface area contributed by atoms with E-state index in [-0.39, 0.29) is 11.4 Å². The predicted octanol–water partition coefficient (Wildman–Crippen LogP) is 0.734. The van der Waals surface area contributed by atoms with E-state index >= 15 is 0 Å². The highest BCUT2D eigenvalue weighted by atomic mass is 16.6. The minimum absolute atomic E-state index is 0.169. The van der Waals surface area contributed by atoms with Gasteiger partial charge >= 0.3 is 0 Å². The minimum atomic E-state index is -0.480. The number of carbonyl (C=O) groups is 1. The molecule has 6 nitrogen and oxygen atoms in total. The number of aliphatic hydroxyl groups excluding tert-OH is 1. The average molecular weight is 329 g/mol. The Balaban J connectivity index is 1.68. The Morgan fingerprint density at radius 1 is 1.38 bits per heavy atom. The molecule has 126 valence electrons. The smallest absolute Gasteiger partial charge is 0.186 e. The summed E-state index contributed by atoms with van der Waals surface area (Å²) in [6.45, 7) is 1.18. The van der Waals surface area contributed by atoms with Crippen LogP contribution in [0.3, 0.4) is 0 Å². The number of aliphatic hydroxyl groups is 1. The van der Waals surface area contributed by atoms with Gasteiger partial charge in [0.2, 0.25) is 0 Å². The molecule has 6 heteroatoms. The second-order valence-corrected chi connectivity index (χ2v) is 7.58. The summed E-state index contributed by atoms with van der Waals surface area (Å²) in [6, 6.07) is 4.25. The van der Waals surface area contributed by atoms with Crippen molar-refractivity contribution in [3.63, 3.8) is 0 Å². The zero-order valence-electron chi connectivity index (χ0n) is 13.3. The Labute approximate surface area is 139 Å². The van der Waals surface area contributed by atoms with Gasteiger partial charge in [-0.05, 0) is 30.9 Å². The third-order valence-electron chi connectivity index (χ3n) is 7.02. The number of rotatable bonds is 2. The molecule has 0 aromatic heterocycles. The molecule has 2 saturated heterocycles. The summed E-state index contributed by atoms with van der Waals surface area (Å²) in [5.41, 5.74) is 1.64. The molecule has 1 N–H and O–H groups in total. The Kier molecular flexibility index (Phi) is 2.34. The van der Waals surface area contributed by atoms with Crippen LogP contribution < -0.4 is 9.47 Å². The highest BCUT2D eigenvalue weighted by Gasteiger charge is 2.76. The van der Waals surface area contributed by atoms with Crippen LogP contribution in [0.4, 0.5) is 0 Å². The number of benzene rings is 1. The summed E-state index contributed by atoms with van der Waals surface area (Å²) in [4.78, 5) is 15.2. The molecule has 1 aromatic rings. The molecule has 1 saturated carbocycles. The van der Waals surface area contributed by atoms with Crippen molar-refractivity contribution in [3.05, 3.63) is 23.3 Å². The van der Waals surface area contributed by atoms with E-state index in [1.807, 2.05) is 6.07 Å². The molecule has 3 heterocycles. The number of ether oxygens (including phenoxy) is 3. The number of carbonyl (C=O) groups excluding carboxylic acids is 1. The molecule has 1 aromatic carbocycles. The van der Waals surface area contributed by atoms with Crippen molar-refractivity contribution in [2.75, 3.05) is 20.1 Å². The quantitative estimate of drug-likeness (QED) is 0.807. The van der Waals surface area contributed by atoms with Crippen LogP contribution in [-0.4, -0.2) is 53.6 Å². The van der Waals surface area contributed by atoms with E-state index in [2.05, 4.69) is 11.0 Å². The van der Waals surface area contributed by atoms with Gasteiger partial charge < -0.3 is 19.3 Å². The first-order chi connectivity index (χ1) is 11.7. The van der Waals surface area contributed by atoms with Gasteiger partial charge in [0.25, 0.3) is 0 Å². The first-order valence-corrected chi connectivity index (χ1v) is 8.69. The largest absolute Gasteiger partial charge is 0.477 e. The summed E-state index contributed by atoms with van der Waals surface area (Å²) in [5, 5.41) is 9.20. The number of piperidine rings is 1. The molecular weight excluding hydrogens is 310 g/mol. The van der Waals surface area contributed by atoms with Crippen molar-refractivity contribution in [2.24, 2.45) is 0 Å². The molecule has 6 rings (SSSR count). The van der Waals surface area contributed by atoms with Crippen LogP contribution in [0.15, 0.2) is 12.1 Å². The lowest BCUT2D eigenvalue weighted by Gasteiger charge is -2.59. The monoisotopic (exact) mass is 329 g/mol. The fourth-order valence-corrected chi connectivity index (χ4v) is 6.20. The molecule has 1 unspecified atom stereocenters. The number of hydrogen-bond donors (Lipinski definition) is 1. The molecule has 3 aliphatic heterocycles. The van der Waals surface area contributed by atoms with Crippen molar-refractivity contribution in [1.29, 1.82) is 0 Å².